The van der Waals surface area contributed by atoms with Crippen LogP contribution in [0.1, 0.15) is 47.0 Å². The van der Waals surface area contributed by atoms with Crippen molar-refractivity contribution in [1.29, 1.82) is 0 Å². The summed E-state index contributed by atoms with van der Waals surface area (Å²) in [4.78, 5) is 12.7. The molecule has 0 spiro atoms. The molecule has 0 saturated carbocycles. The van der Waals surface area contributed by atoms with Crippen LogP contribution in [0.3, 0.4) is 0 Å². The Labute approximate surface area is 170 Å². The standard InChI is InChI=1S/C22H25NO5S/c1-5-6-11-27-22(24)21-16(4)28-20-12-15(3)19(13-18(20)21)23-29(25,26)17-9-7-14(2)8-10-17/h7-10,12-13,23H,5-6,11H2,1-4H3. The van der Waals surface area contributed by atoms with Gasteiger partial charge in [-0.15, -0.1) is 0 Å². The first-order valence-electron chi connectivity index (χ1n) is 9.53. The van der Waals surface area contributed by atoms with E-state index in [-0.39, 0.29) is 4.90 Å². The Kier molecular flexibility index (Phi) is 5.98. The molecule has 0 unspecified atom stereocenters. The Morgan fingerprint density at radius 3 is 2.45 bits per heavy atom. The molecule has 0 atom stereocenters. The number of nitrogens with one attached hydrogen (secondary N) is 1. The monoisotopic (exact) mass is 415 g/mol. The molecule has 0 radical (unpaired) electrons. The first-order chi connectivity index (χ1) is 13.7. The highest BCUT2D eigenvalue weighted by Crippen LogP contribution is 2.32. The number of rotatable bonds is 7. The third-order valence-electron chi connectivity index (χ3n) is 4.72. The second-order valence-corrected chi connectivity index (χ2v) is 8.79. The number of esters is 1. The lowest BCUT2D eigenvalue weighted by Gasteiger charge is -2.11. The molecule has 0 aliphatic carbocycles. The maximum absolute atomic E-state index is 12.8. The molecule has 3 rings (SSSR count). The van der Waals surface area contributed by atoms with E-state index in [9.17, 15) is 13.2 Å². The van der Waals surface area contributed by atoms with Crippen molar-refractivity contribution < 1.29 is 22.4 Å². The van der Waals surface area contributed by atoms with Crippen LogP contribution in [0.15, 0.2) is 45.7 Å². The molecule has 154 valence electrons. The molecule has 7 heteroatoms. The quantitative estimate of drug-likeness (QED) is 0.428. The lowest BCUT2D eigenvalue weighted by molar-refractivity contribution is 0.0500. The van der Waals surface area contributed by atoms with Crippen LogP contribution in [0.25, 0.3) is 11.0 Å². The molecule has 0 aliphatic rings. The molecule has 3 aromatic rings. The van der Waals surface area contributed by atoms with Gasteiger partial charge in [-0.3, -0.25) is 4.72 Å². The van der Waals surface area contributed by atoms with Gasteiger partial charge in [-0.05, 0) is 57.0 Å². The van der Waals surface area contributed by atoms with Crippen molar-refractivity contribution in [1.82, 2.24) is 0 Å². The maximum Gasteiger partial charge on any atom is 0.342 e. The van der Waals surface area contributed by atoms with Crippen LogP contribution in [-0.4, -0.2) is 21.0 Å². The van der Waals surface area contributed by atoms with E-state index in [1.807, 2.05) is 13.8 Å². The van der Waals surface area contributed by atoms with Gasteiger partial charge in [0.2, 0.25) is 0 Å². The maximum atomic E-state index is 12.8. The summed E-state index contributed by atoms with van der Waals surface area (Å²) in [6, 6.07) is 9.96. The van der Waals surface area contributed by atoms with Crippen LogP contribution in [-0.2, 0) is 14.8 Å². The number of carbonyl (C=O) groups is 1. The number of fused-ring (bicyclic) bond motifs is 1. The molecule has 0 fully saturated rings. The van der Waals surface area contributed by atoms with E-state index in [1.165, 1.54) is 0 Å². The Balaban J connectivity index is 1.98. The Morgan fingerprint density at radius 1 is 1.10 bits per heavy atom. The number of furan rings is 1. The van der Waals surface area contributed by atoms with Crippen LogP contribution in [0, 0.1) is 20.8 Å². The summed E-state index contributed by atoms with van der Waals surface area (Å²) in [5.74, 6) is -0.0228. The van der Waals surface area contributed by atoms with Gasteiger partial charge in [0.1, 0.15) is 16.9 Å². The summed E-state index contributed by atoms with van der Waals surface area (Å²) < 4.78 is 39.2. The zero-order valence-electron chi connectivity index (χ0n) is 17.0. The minimum absolute atomic E-state index is 0.171. The van der Waals surface area contributed by atoms with Crippen LogP contribution in [0.2, 0.25) is 0 Å². The number of sulfonamides is 1. The fourth-order valence-electron chi connectivity index (χ4n) is 3.03. The molecular weight excluding hydrogens is 390 g/mol. The minimum atomic E-state index is -3.76. The highest BCUT2D eigenvalue weighted by Gasteiger charge is 2.22. The lowest BCUT2D eigenvalue weighted by Crippen LogP contribution is -2.14. The average Bonchev–Trinajstić information content (AvgIpc) is 2.97. The predicted octanol–water partition coefficient (Wildman–Crippen LogP) is 5.12. The number of hydrogen-bond acceptors (Lipinski definition) is 5. The molecule has 1 heterocycles. The largest absolute Gasteiger partial charge is 0.462 e. The summed E-state index contributed by atoms with van der Waals surface area (Å²) in [7, 11) is -3.76. The van der Waals surface area contributed by atoms with Gasteiger partial charge in [-0.2, -0.15) is 0 Å². The summed E-state index contributed by atoms with van der Waals surface area (Å²) in [6.45, 7) is 7.72. The fourth-order valence-corrected chi connectivity index (χ4v) is 4.15. The number of carbonyl (C=O) groups excluding carboxylic acids is 1. The number of hydrogen-bond donors (Lipinski definition) is 1. The van der Waals surface area contributed by atoms with Gasteiger partial charge in [-0.25, -0.2) is 13.2 Å². The van der Waals surface area contributed by atoms with Gasteiger partial charge in [0.05, 0.1) is 17.2 Å². The SMILES string of the molecule is CCCCOC(=O)c1c(C)oc2cc(C)c(NS(=O)(=O)c3ccc(C)cc3)cc12. The van der Waals surface area contributed by atoms with Crippen molar-refractivity contribution in [3.8, 4) is 0 Å². The summed E-state index contributed by atoms with van der Waals surface area (Å²) in [5, 5.41) is 0.524. The van der Waals surface area contributed by atoms with Gasteiger partial charge in [0.25, 0.3) is 10.0 Å². The van der Waals surface area contributed by atoms with Crippen molar-refractivity contribution in [3.05, 3.63) is 58.8 Å². The fraction of sp³-hybridized carbons (Fsp3) is 0.318. The van der Waals surface area contributed by atoms with Crippen molar-refractivity contribution in [2.75, 3.05) is 11.3 Å². The minimum Gasteiger partial charge on any atom is -0.462 e. The molecule has 0 amide bonds. The molecule has 0 bridgehead atoms. The number of benzene rings is 2. The zero-order chi connectivity index (χ0) is 21.2. The number of ether oxygens (including phenoxy) is 1. The number of anilines is 1. The van der Waals surface area contributed by atoms with Crippen molar-refractivity contribution in [2.24, 2.45) is 0 Å². The Bertz CT molecular complexity index is 1140. The van der Waals surface area contributed by atoms with E-state index in [1.54, 1.807) is 50.2 Å². The molecule has 0 aliphatic heterocycles. The second-order valence-electron chi connectivity index (χ2n) is 7.10. The second kappa shape index (κ2) is 8.29. The third-order valence-corrected chi connectivity index (χ3v) is 6.10. The van der Waals surface area contributed by atoms with E-state index in [2.05, 4.69) is 4.72 Å². The van der Waals surface area contributed by atoms with E-state index >= 15 is 0 Å². The van der Waals surface area contributed by atoms with Crippen molar-refractivity contribution in [3.63, 3.8) is 0 Å². The van der Waals surface area contributed by atoms with Gasteiger partial charge in [0, 0.05) is 5.39 Å². The van der Waals surface area contributed by atoms with Crippen LogP contribution in [0.5, 0.6) is 0 Å². The van der Waals surface area contributed by atoms with Crippen molar-refractivity contribution in [2.45, 2.75) is 45.4 Å². The average molecular weight is 416 g/mol. The topological polar surface area (TPSA) is 85.6 Å². The normalized spacial score (nSPS) is 11.6. The van der Waals surface area contributed by atoms with Crippen LogP contribution in [0.4, 0.5) is 5.69 Å². The highest BCUT2D eigenvalue weighted by atomic mass is 32.2. The highest BCUT2D eigenvalue weighted by molar-refractivity contribution is 7.92. The lowest BCUT2D eigenvalue weighted by atomic mass is 10.1. The summed E-state index contributed by atoms with van der Waals surface area (Å²) >= 11 is 0. The van der Waals surface area contributed by atoms with E-state index in [4.69, 9.17) is 9.15 Å². The molecule has 6 nitrogen and oxygen atoms in total. The first kappa shape index (κ1) is 20.9. The molecule has 29 heavy (non-hydrogen) atoms. The Hall–Kier alpha value is -2.80. The molecular formula is C22H25NO5S. The Morgan fingerprint density at radius 2 is 1.79 bits per heavy atom. The van der Waals surface area contributed by atoms with Gasteiger partial charge in [0.15, 0.2) is 0 Å². The van der Waals surface area contributed by atoms with Gasteiger partial charge in [-0.1, -0.05) is 31.0 Å². The molecule has 0 saturated heterocycles. The molecule has 1 N–H and O–H groups in total. The smallest absolute Gasteiger partial charge is 0.342 e. The van der Waals surface area contributed by atoms with E-state index in [0.717, 1.165) is 18.4 Å². The van der Waals surface area contributed by atoms with Crippen molar-refractivity contribution >= 4 is 32.6 Å². The van der Waals surface area contributed by atoms with Gasteiger partial charge >= 0.3 is 5.97 Å². The summed E-state index contributed by atoms with van der Waals surface area (Å²) in [5.41, 5.74) is 2.89. The molecule has 1 aromatic heterocycles. The number of aryl methyl sites for hydroxylation is 3. The first-order valence-corrected chi connectivity index (χ1v) is 11.0. The summed E-state index contributed by atoms with van der Waals surface area (Å²) in [6.07, 6.45) is 1.70. The van der Waals surface area contributed by atoms with Gasteiger partial charge < -0.3 is 9.15 Å². The predicted molar refractivity (Wildman–Crippen MR) is 113 cm³/mol. The number of unbranched alkanes of at least 4 members (excludes halogenated alkanes) is 1. The molecule has 2 aromatic carbocycles. The van der Waals surface area contributed by atoms with E-state index in [0.29, 0.717) is 40.2 Å². The van der Waals surface area contributed by atoms with E-state index < -0.39 is 16.0 Å². The zero-order valence-corrected chi connectivity index (χ0v) is 17.9. The van der Waals surface area contributed by atoms with Crippen LogP contribution >= 0.6 is 0 Å². The van der Waals surface area contributed by atoms with Crippen LogP contribution < -0.4 is 4.72 Å². The third kappa shape index (κ3) is 4.45.